The second-order valence-electron chi connectivity index (χ2n) is 14.9. The van der Waals surface area contributed by atoms with Crippen LogP contribution in [0.15, 0.2) is 126 Å². The van der Waals surface area contributed by atoms with Crippen molar-refractivity contribution in [3.63, 3.8) is 0 Å². The molecule has 0 saturated carbocycles. The fourth-order valence-electron chi connectivity index (χ4n) is 7.59. The lowest BCUT2D eigenvalue weighted by Crippen LogP contribution is -2.41. The first-order valence-electron chi connectivity index (χ1n) is 20.1. The molecule has 1 fully saturated rings. The summed E-state index contributed by atoms with van der Waals surface area (Å²) in [4.78, 5) is 30.8. The Morgan fingerprint density at radius 1 is 0.869 bits per heavy atom. The van der Waals surface area contributed by atoms with E-state index in [1.165, 1.54) is 16.8 Å². The number of nitrogens with zero attached hydrogens (tertiary/aromatic N) is 4. The van der Waals surface area contributed by atoms with Crippen LogP contribution < -0.4 is 20.5 Å². The van der Waals surface area contributed by atoms with E-state index < -0.39 is 43.4 Å². The zero-order valence-electron chi connectivity index (χ0n) is 35.2. The molecule has 61 heavy (non-hydrogen) atoms. The minimum absolute atomic E-state index is 0.00610. The first-order valence-corrected chi connectivity index (χ1v) is 21.6. The summed E-state index contributed by atoms with van der Waals surface area (Å²) in [6.45, 7) is 7.17. The maximum atomic E-state index is 14.8. The van der Waals surface area contributed by atoms with Gasteiger partial charge in [-0.25, -0.2) is 14.0 Å². The van der Waals surface area contributed by atoms with Crippen LogP contribution in [0, 0.1) is 11.3 Å². The summed E-state index contributed by atoms with van der Waals surface area (Å²) in [6.07, 6.45) is -1.03. The molecule has 5 aromatic rings. The molecule has 320 valence electrons. The van der Waals surface area contributed by atoms with E-state index >= 15 is 0 Å². The number of aromatic nitrogens is 2. The van der Waals surface area contributed by atoms with Gasteiger partial charge >= 0.3 is 13.4 Å². The van der Waals surface area contributed by atoms with Crippen molar-refractivity contribution in [3.05, 3.63) is 154 Å². The Kier molecular flexibility index (Phi) is 14.9. The van der Waals surface area contributed by atoms with Gasteiger partial charge in [0.1, 0.15) is 35.2 Å². The van der Waals surface area contributed by atoms with E-state index in [-0.39, 0.29) is 44.0 Å². The molecule has 1 aromatic heterocycles. The fourth-order valence-corrected chi connectivity index (χ4v) is 9.72. The SMILES string of the molecule is COc1ccc(C(OC2CC(n3ccc(NC(=O)c4ccccc4)nc3=O)OC2COP(=O)(OCCC#N)N(C(C)C)C(C)C)(c2ccccc2)c2ccc(OC)cc2)cc1. The molecule has 6 rings (SSSR count). The second kappa shape index (κ2) is 20.3. The predicted molar refractivity (Wildman–Crippen MR) is 230 cm³/mol. The van der Waals surface area contributed by atoms with Crippen molar-refractivity contribution in [1.82, 2.24) is 14.2 Å². The highest BCUT2D eigenvalue weighted by Gasteiger charge is 2.48. The zero-order valence-corrected chi connectivity index (χ0v) is 36.1. The molecule has 1 saturated heterocycles. The van der Waals surface area contributed by atoms with Gasteiger partial charge in [0.25, 0.3) is 5.91 Å². The van der Waals surface area contributed by atoms with Gasteiger partial charge in [0, 0.05) is 30.3 Å². The Balaban J connectivity index is 1.44. The molecule has 1 aliphatic heterocycles. The zero-order chi connectivity index (χ0) is 43.6. The highest BCUT2D eigenvalue weighted by molar-refractivity contribution is 7.51. The third-order valence-corrected chi connectivity index (χ3v) is 12.8. The molecule has 1 N–H and O–H groups in total. The lowest BCUT2D eigenvalue weighted by Gasteiger charge is -2.40. The lowest BCUT2D eigenvalue weighted by atomic mass is 9.79. The summed E-state index contributed by atoms with van der Waals surface area (Å²) in [6, 6.07) is 36.6. The van der Waals surface area contributed by atoms with Crippen LogP contribution in [0.2, 0.25) is 0 Å². The molecule has 4 aromatic carbocycles. The van der Waals surface area contributed by atoms with Crippen molar-refractivity contribution in [2.24, 2.45) is 0 Å². The third kappa shape index (κ3) is 10.3. The number of carbonyl (C=O) groups excluding carboxylic acids is 1. The lowest BCUT2D eigenvalue weighted by molar-refractivity contribution is -0.0987. The van der Waals surface area contributed by atoms with Crippen LogP contribution in [0.4, 0.5) is 5.82 Å². The highest BCUT2D eigenvalue weighted by atomic mass is 31.2. The van der Waals surface area contributed by atoms with Gasteiger partial charge in [-0.1, -0.05) is 72.8 Å². The van der Waals surface area contributed by atoms with E-state index in [0.29, 0.717) is 17.1 Å². The average Bonchev–Trinajstić information content (AvgIpc) is 3.67. The molecule has 14 nitrogen and oxygen atoms in total. The standard InChI is InChI=1S/C46H52N5O9P/c1-32(2)51(33(3)4)61(54,57-29-13-27-47)58-31-41-40(30-43(59-41)50-28-26-42(49-45(50)53)48-44(52)34-14-9-7-10-15-34)60-46(35-16-11-8-12-17-35,36-18-22-38(55-5)23-19-36)37-20-24-39(56-6)25-21-37/h7-12,14-26,28,32-33,40-41,43H,13,29-31H2,1-6H3,(H,48,49,52,53). The summed E-state index contributed by atoms with van der Waals surface area (Å²) in [5, 5.41) is 12.0. The van der Waals surface area contributed by atoms with E-state index in [9.17, 15) is 19.4 Å². The van der Waals surface area contributed by atoms with Crippen molar-refractivity contribution >= 4 is 19.5 Å². The summed E-state index contributed by atoms with van der Waals surface area (Å²) < 4.78 is 55.3. The number of rotatable bonds is 19. The van der Waals surface area contributed by atoms with Crippen LogP contribution >= 0.6 is 7.75 Å². The van der Waals surface area contributed by atoms with Gasteiger partial charge in [-0.05, 0) is 86.8 Å². The fraction of sp³-hybridized carbons (Fsp3) is 0.348. The molecule has 2 heterocycles. The number of nitrogens with one attached hydrogen (secondary N) is 1. The number of nitriles is 1. The van der Waals surface area contributed by atoms with Gasteiger partial charge in [-0.2, -0.15) is 10.2 Å². The number of carbonyl (C=O) groups is 1. The first kappa shape index (κ1) is 44.9. The number of ether oxygens (including phenoxy) is 4. The van der Waals surface area contributed by atoms with E-state index in [1.54, 1.807) is 49.2 Å². The second-order valence-corrected chi connectivity index (χ2v) is 16.8. The van der Waals surface area contributed by atoms with Gasteiger partial charge in [0.15, 0.2) is 0 Å². The summed E-state index contributed by atoms with van der Waals surface area (Å²) in [5.74, 6) is 0.956. The quantitative estimate of drug-likeness (QED) is 0.0481. The van der Waals surface area contributed by atoms with Gasteiger partial charge in [-0.3, -0.25) is 18.4 Å². The van der Waals surface area contributed by atoms with Crippen molar-refractivity contribution in [2.75, 3.05) is 32.8 Å². The molecular weight excluding hydrogens is 798 g/mol. The van der Waals surface area contributed by atoms with Crippen molar-refractivity contribution < 1.29 is 37.4 Å². The van der Waals surface area contributed by atoms with Crippen LogP contribution in [-0.4, -0.2) is 71.9 Å². The third-order valence-electron chi connectivity index (χ3n) is 10.3. The Morgan fingerprint density at radius 2 is 1.43 bits per heavy atom. The molecule has 0 bridgehead atoms. The van der Waals surface area contributed by atoms with Gasteiger partial charge in [0.05, 0.1) is 46.0 Å². The highest BCUT2D eigenvalue weighted by Crippen LogP contribution is 2.55. The molecule has 4 atom stereocenters. The molecule has 1 amide bonds. The minimum atomic E-state index is -4.04. The Bertz CT molecular complexity index is 2300. The normalized spacial score (nSPS) is 17.5. The smallest absolute Gasteiger partial charge is 0.408 e. The summed E-state index contributed by atoms with van der Waals surface area (Å²) in [7, 11) is -0.843. The summed E-state index contributed by atoms with van der Waals surface area (Å²) >= 11 is 0. The molecule has 1 aliphatic rings. The first-order chi connectivity index (χ1) is 29.4. The van der Waals surface area contributed by atoms with Crippen LogP contribution in [-0.2, 0) is 28.7 Å². The molecular formula is C46H52N5O9P. The average molecular weight is 850 g/mol. The number of benzene rings is 4. The summed E-state index contributed by atoms with van der Waals surface area (Å²) in [5.41, 5.74) is 0.774. The van der Waals surface area contributed by atoms with Crippen molar-refractivity contribution in [1.29, 1.82) is 5.26 Å². The Hall–Kier alpha value is -5.65. The number of methoxy groups -OCH3 is 2. The van der Waals surface area contributed by atoms with Gasteiger partial charge in [-0.15, -0.1) is 0 Å². The number of hydrogen-bond acceptors (Lipinski definition) is 11. The largest absolute Gasteiger partial charge is 0.497 e. The molecule has 0 spiro atoms. The van der Waals surface area contributed by atoms with Gasteiger partial charge in [0.2, 0.25) is 0 Å². The Labute approximate surface area is 356 Å². The van der Waals surface area contributed by atoms with Crippen molar-refractivity contribution in [2.45, 2.75) is 76.7 Å². The minimum Gasteiger partial charge on any atom is -0.497 e. The van der Waals surface area contributed by atoms with Crippen LogP contribution in [0.5, 0.6) is 11.5 Å². The monoisotopic (exact) mass is 849 g/mol. The van der Waals surface area contributed by atoms with Crippen LogP contribution in [0.3, 0.4) is 0 Å². The molecule has 0 aliphatic carbocycles. The number of hydrogen-bond donors (Lipinski definition) is 1. The van der Waals surface area contributed by atoms with Crippen LogP contribution in [0.1, 0.15) is 73.8 Å². The van der Waals surface area contributed by atoms with Crippen molar-refractivity contribution in [3.8, 4) is 17.6 Å². The van der Waals surface area contributed by atoms with Crippen LogP contribution in [0.25, 0.3) is 0 Å². The maximum Gasteiger partial charge on any atom is 0.408 e. The van der Waals surface area contributed by atoms with Gasteiger partial charge < -0.3 is 24.3 Å². The molecule has 0 radical (unpaired) electrons. The number of anilines is 1. The van der Waals surface area contributed by atoms with E-state index in [2.05, 4.69) is 10.3 Å². The predicted octanol–water partition coefficient (Wildman–Crippen LogP) is 8.35. The van der Waals surface area contributed by atoms with E-state index in [1.807, 2.05) is 113 Å². The van der Waals surface area contributed by atoms with E-state index in [0.717, 1.165) is 16.7 Å². The molecule has 15 heteroatoms. The maximum absolute atomic E-state index is 14.8. The number of amides is 1. The molecule has 4 unspecified atom stereocenters. The topological polar surface area (TPSA) is 163 Å². The Morgan fingerprint density at radius 3 is 1.95 bits per heavy atom. The van der Waals surface area contributed by atoms with E-state index in [4.69, 9.17) is 28.0 Å².